The standard InChI is InChI=1S/C8H12ClNO/c1-4-5(2)8-7(9)6(3)11-10-8/h5H,4H2,1-3H3. The largest absolute Gasteiger partial charge is 0.360 e. The molecular weight excluding hydrogens is 162 g/mol. The van der Waals surface area contributed by atoms with Gasteiger partial charge in [0, 0.05) is 5.92 Å². The van der Waals surface area contributed by atoms with Crippen LogP contribution >= 0.6 is 11.6 Å². The molecule has 0 radical (unpaired) electrons. The van der Waals surface area contributed by atoms with Crippen LogP contribution in [-0.2, 0) is 0 Å². The molecule has 0 aliphatic heterocycles. The first kappa shape index (κ1) is 8.60. The van der Waals surface area contributed by atoms with Crippen LogP contribution in [0.25, 0.3) is 0 Å². The molecule has 2 nitrogen and oxygen atoms in total. The molecule has 0 saturated heterocycles. The van der Waals surface area contributed by atoms with Crippen LogP contribution in [0.5, 0.6) is 0 Å². The van der Waals surface area contributed by atoms with Crippen LogP contribution in [0.15, 0.2) is 4.52 Å². The minimum atomic E-state index is 0.389. The van der Waals surface area contributed by atoms with E-state index < -0.39 is 0 Å². The Labute approximate surface area is 71.5 Å². The normalized spacial score (nSPS) is 13.5. The topological polar surface area (TPSA) is 26.0 Å². The Morgan fingerprint density at radius 3 is 2.64 bits per heavy atom. The van der Waals surface area contributed by atoms with E-state index in [1.165, 1.54) is 0 Å². The van der Waals surface area contributed by atoms with Crippen molar-refractivity contribution in [2.45, 2.75) is 33.1 Å². The number of aryl methyl sites for hydroxylation is 1. The van der Waals surface area contributed by atoms with Crippen LogP contribution in [0.1, 0.15) is 37.6 Å². The highest BCUT2D eigenvalue weighted by Crippen LogP contribution is 2.27. The Hall–Kier alpha value is -0.500. The molecule has 1 unspecified atom stereocenters. The molecule has 1 heterocycles. The van der Waals surface area contributed by atoms with Crippen LogP contribution in [0.2, 0.25) is 5.02 Å². The molecule has 3 heteroatoms. The van der Waals surface area contributed by atoms with Gasteiger partial charge in [-0.25, -0.2) is 0 Å². The minimum Gasteiger partial charge on any atom is -0.360 e. The lowest BCUT2D eigenvalue weighted by atomic mass is 10.1. The van der Waals surface area contributed by atoms with Gasteiger partial charge in [-0.15, -0.1) is 0 Å². The fraction of sp³-hybridized carbons (Fsp3) is 0.625. The number of aromatic nitrogens is 1. The van der Waals surface area contributed by atoms with Crippen molar-refractivity contribution < 1.29 is 4.52 Å². The number of hydrogen-bond donors (Lipinski definition) is 0. The Bertz CT molecular complexity index is 244. The third-order valence-electron chi connectivity index (χ3n) is 1.89. The number of rotatable bonds is 2. The summed E-state index contributed by atoms with van der Waals surface area (Å²) in [5.74, 6) is 1.10. The Morgan fingerprint density at radius 1 is 1.64 bits per heavy atom. The van der Waals surface area contributed by atoms with Gasteiger partial charge in [0.15, 0.2) is 5.76 Å². The summed E-state index contributed by atoms with van der Waals surface area (Å²) in [7, 11) is 0. The van der Waals surface area contributed by atoms with Gasteiger partial charge in [-0.3, -0.25) is 0 Å². The van der Waals surface area contributed by atoms with Gasteiger partial charge < -0.3 is 4.52 Å². The lowest BCUT2D eigenvalue weighted by molar-refractivity contribution is 0.386. The highest BCUT2D eigenvalue weighted by molar-refractivity contribution is 6.31. The molecule has 0 aliphatic carbocycles. The molecule has 0 spiro atoms. The highest BCUT2D eigenvalue weighted by Gasteiger charge is 2.14. The van der Waals surface area contributed by atoms with E-state index in [-0.39, 0.29) is 0 Å². The fourth-order valence-corrected chi connectivity index (χ4v) is 1.13. The summed E-state index contributed by atoms with van der Waals surface area (Å²) in [6, 6.07) is 0. The van der Waals surface area contributed by atoms with Crippen molar-refractivity contribution in [3.05, 3.63) is 16.5 Å². The van der Waals surface area contributed by atoms with E-state index in [0.717, 1.165) is 12.1 Å². The van der Waals surface area contributed by atoms with Crippen LogP contribution < -0.4 is 0 Å². The third kappa shape index (κ3) is 1.56. The van der Waals surface area contributed by atoms with E-state index in [4.69, 9.17) is 16.1 Å². The predicted octanol–water partition coefficient (Wildman–Crippen LogP) is 3.15. The van der Waals surface area contributed by atoms with Crippen molar-refractivity contribution in [3.8, 4) is 0 Å². The van der Waals surface area contributed by atoms with E-state index in [9.17, 15) is 0 Å². The maximum Gasteiger partial charge on any atom is 0.152 e. The molecule has 1 aromatic heterocycles. The van der Waals surface area contributed by atoms with Gasteiger partial charge in [-0.2, -0.15) is 0 Å². The van der Waals surface area contributed by atoms with E-state index in [1.807, 2.05) is 6.92 Å². The molecule has 1 aromatic rings. The summed E-state index contributed by atoms with van der Waals surface area (Å²) in [6.45, 7) is 6.01. The molecule has 0 N–H and O–H groups in total. The maximum atomic E-state index is 5.93. The van der Waals surface area contributed by atoms with E-state index in [1.54, 1.807) is 0 Å². The second kappa shape index (κ2) is 3.26. The van der Waals surface area contributed by atoms with Gasteiger partial charge in [-0.05, 0) is 13.3 Å². The average Bonchev–Trinajstić information content (AvgIpc) is 2.32. The maximum absolute atomic E-state index is 5.93. The molecule has 0 aromatic carbocycles. The van der Waals surface area contributed by atoms with Crippen LogP contribution in [0.4, 0.5) is 0 Å². The second-order valence-corrected chi connectivity index (χ2v) is 3.13. The lowest BCUT2D eigenvalue weighted by Gasteiger charge is -2.01. The van der Waals surface area contributed by atoms with Crippen molar-refractivity contribution >= 4 is 11.6 Å². The summed E-state index contributed by atoms with van der Waals surface area (Å²) in [6.07, 6.45) is 1.03. The Balaban J connectivity index is 2.94. The monoisotopic (exact) mass is 173 g/mol. The number of halogens is 1. The van der Waals surface area contributed by atoms with E-state index in [2.05, 4.69) is 19.0 Å². The van der Waals surface area contributed by atoms with Gasteiger partial charge in [-0.1, -0.05) is 30.6 Å². The van der Waals surface area contributed by atoms with Crippen molar-refractivity contribution in [2.24, 2.45) is 0 Å². The van der Waals surface area contributed by atoms with Gasteiger partial charge in [0.1, 0.15) is 10.7 Å². The minimum absolute atomic E-state index is 0.389. The molecule has 0 fully saturated rings. The summed E-state index contributed by atoms with van der Waals surface area (Å²) >= 11 is 5.93. The van der Waals surface area contributed by atoms with Crippen LogP contribution in [0, 0.1) is 6.92 Å². The van der Waals surface area contributed by atoms with Crippen molar-refractivity contribution in [3.63, 3.8) is 0 Å². The first-order chi connectivity index (χ1) is 5.16. The zero-order valence-corrected chi connectivity index (χ0v) is 7.77. The second-order valence-electron chi connectivity index (χ2n) is 2.75. The molecule has 11 heavy (non-hydrogen) atoms. The molecular formula is C8H12ClNO. The number of hydrogen-bond acceptors (Lipinski definition) is 2. The molecule has 0 bridgehead atoms. The summed E-state index contributed by atoms with van der Waals surface area (Å²) in [5.41, 5.74) is 0.881. The van der Waals surface area contributed by atoms with E-state index in [0.29, 0.717) is 16.7 Å². The third-order valence-corrected chi connectivity index (χ3v) is 2.35. The van der Waals surface area contributed by atoms with Crippen LogP contribution in [-0.4, -0.2) is 5.16 Å². The zero-order chi connectivity index (χ0) is 8.43. The van der Waals surface area contributed by atoms with Gasteiger partial charge in [0.25, 0.3) is 0 Å². The average molecular weight is 174 g/mol. The zero-order valence-electron chi connectivity index (χ0n) is 7.02. The van der Waals surface area contributed by atoms with Crippen molar-refractivity contribution in [1.29, 1.82) is 0 Å². The van der Waals surface area contributed by atoms with E-state index >= 15 is 0 Å². The van der Waals surface area contributed by atoms with Crippen molar-refractivity contribution in [1.82, 2.24) is 5.16 Å². The molecule has 0 saturated carbocycles. The van der Waals surface area contributed by atoms with Gasteiger partial charge >= 0.3 is 0 Å². The van der Waals surface area contributed by atoms with Gasteiger partial charge in [0.05, 0.1) is 0 Å². The first-order valence-corrected chi connectivity index (χ1v) is 4.16. The molecule has 62 valence electrons. The fourth-order valence-electron chi connectivity index (χ4n) is 0.878. The summed E-state index contributed by atoms with van der Waals surface area (Å²) < 4.78 is 4.94. The summed E-state index contributed by atoms with van der Waals surface area (Å²) in [5, 5.41) is 4.56. The quantitative estimate of drug-likeness (QED) is 0.687. The molecule has 1 atom stereocenters. The Morgan fingerprint density at radius 2 is 2.27 bits per heavy atom. The first-order valence-electron chi connectivity index (χ1n) is 3.78. The SMILES string of the molecule is CCC(C)c1noc(C)c1Cl. The van der Waals surface area contributed by atoms with Gasteiger partial charge in [0.2, 0.25) is 0 Å². The Kier molecular flexibility index (Phi) is 2.55. The smallest absolute Gasteiger partial charge is 0.152 e. The number of nitrogens with zero attached hydrogens (tertiary/aromatic N) is 1. The molecule has 1 rings (SSSR count). The summed E-state index contributed by atoms with van der Waals surface area (Å²) in [4.78, 5) is 0. The molecule has 0 aliphatic rings. The van der Waals surface area contributed by atoms with Crippen molar-refractivity contribution in [2.75, 3.05) is 0 Å². The predicted molar refractivity (Wildman–Crippen MR) is 45.0 cm³/mol. The van der Waals surface area contributed by atoms with Crippen LogP contribution in [0.3, 0.4) is 0 Å². The lowest BCUT2D eigenvalue weighted by Crippen LogP contribution is -1.91. The molecule has 0 amide bonds. The highest BCUT2D eigenvalue weighted by atomic mass is 35.5.